The van der Waals surface area contributed by atoms with E-state index in [2.05, 4.69) is 25.9 Å². The number of carboxylic acids is 1. The average Bonchev–Trinajstić information content (AvgIpc) is 3.57. The van der Waals surface area contributed by atoms with Gasteiger partial charge in [-0.25, -0.2) is 19.6 Å². The van der Waals surface area contributed by atoms with Gasteiger partial charge in [0.1, 0.15) is 36.3 Å². The second-order valence-electron chi connectivity index (χ2n) is 10.5. The van der Waals surface area contributed by atoms with Gasteiger partial charge in [0.15, 0.2) is 11.4 Å². The molecule has 5 N–H and O–H groups in total. The van der Waals surface area contributed by atoms with Crippen molar-refractivity contribution in [2.45, 2.75) is 85.0 Å². The second kappa shape index (κ2) is 13.9. The molecule has 0 spiro atoms. The molecule has 2 aromatic rings. The van der Waals surface area contributed by atoms with Gasteiger partial charge in [-0.15, -0.1) is 0 Å². The van der Waals surface area contributed by atoms with Crippen LogP contribution in [0.25, 0.3) is 11.6 Å². The first-order valence-electron chi connectivity index (χ1n) is 13.1. The summed E-state index contributed by atoms with van der Waals surface area (Å²) in [7, 11) is 0. The Balaban J connectivity index is 2.20. The van der Waals surface area contributed by atoms with Crippen molar-refractivity contribution in [3.05, 3.63) is 24.1 Å². The van der Waals surface area contributed by atoms with Crippen molar-refractivity contribution < 1.29 is 43.0 Å². The molecule has 0 aliphatic carbocycles. The molecular weight excluding hydrogens is 526 g/mol. The number of carbonyl (C=O) groups is 4. The minimum Gasteiger partial charge on any atom is -0.476 e. The normalized spacial score (nSPS) is 15.3. The van der Waals surface area contributed by atoms with Crippen molar-refractivity contribution in [2.24, 2.45) is 11.8 Å². The fourth-order valence-corrected chi connectivity index (χ4v) is 3.56. The van der Waals surface area contributed by atoms with Gasteiger partial charge in [0.25, 0.3) is 0 Å². The van der Waals surface area contributed by atoms with Gasteiger partial charge in [0.2, 0.25) is 23.6 Å². The summed E-state index contributed by atoms with van der Waals surface area (Å²) in [5, 5.41) is 26.9. The molecule has 0 saturated heterocycles. The molecule has 14 nitrogen and oxygen atoms in total. The molecule has 222 valence electrons. The van der Waals surface area contributed by atoms with Crippen LogP contribution in [0.4, 0.5) is 4.79 Å². The zero-order valence-corrected chi connectivity index (χ0v) is 23.8. The maximum absolute atomic E-state index is 13.3. The van der Waals surface area contributed by atoms with Gasteiger partial charge in [-0.1, -0.05) is 40.5 Å². The quantitative estimate of drug-likeness (QED) is 0.238. The zero-order valence-electron chi connectivity index (χ0n) is 23.8. The fourth-order valence-electron chi connectivity index (χ4n) is 3.56. The van der Waals surface area contributed by atoms with Crippen LogP contribution >= 0.6 is 0 Å². The molecule has 3 amide bonds. The Labute approximate surface area is 232 Å². The van der Waals surface area contributed by atoms with Gasteiger partial charge >= 0.3 is 12.1 Å². The molecule has 14 heteroatoms. The maximum Gasteiger partial charge on any atom is 0.408 e. The van der Waals surface area contributed by atoms with E-state index < -0.39 is 54.2 Å². The number of carbonyl (C=O) groups excluding carboxylic acids is 3. The maximum atomic E-state index is 13.3. The summed E-state index contributed by atoms with van der Waals surface area (Å²) in [6.07, 6.45) is 2.45. The number of oxazole rings is 2. The predicted molar refractivity (Wildman–Crippen MR) is 141 cm³/mol. The van der Waals surface area contributed by atoms with Gasteiger partial charge in [0.05, 0.1) is 6.61 Å². The summed E-state index contributed by atoms with van der Waals surface area (Å²) in [4.78, 5) is 58.0. The van der Waals surface area contributed by atoms with E-state index in [1.54, 1.807) is 34.6 Å². The van der Waals surface area contributed by atoms with Crippen LogP contribution in [0, 0.1) is 11.8 Å². The van der Waals surface area contributed by atoms with Gasteiger partial charge in [0, 0.05) is 0 Å². The zero-order chi connectivity index (χ0) is 30.2. The van der Waals surface area contributed by atoms with E-state index in [9.17, 15) is 24.3 Å². The summed E-state index contributed by atoms with van der Waals surface area (Å²) < 4.78 is 15.8. The SMILES string of the molecule is CC[C@H](C)[C@H](NC(=O)OC(C)(C)C)C(=O)N[C@H](C(=O)N[C@@H](CO)c1nc(-c2nc(C(=O)O)co2)co1)[C@@H](C)CC. The summed E-state index contributed by atoms with van der Waals surface area (Å²) in [5.41, 5.74) is -1.02. The first-order chi connectivity index (χ1) is 18.7. The third kappa shape index (κ3) is 8.79. The number of aliphatic hydroxyl groups is 1. The molecule has 0 aromatic carbocycles. The van der Waals surface area contributed by atoms with Crippen molar-refractivity contribution in [3.8, 4) is 11.6 Å². The number of ether oxygens (including phenoxy) is 1. The van der Waals surface area contributed by atoms with Gasteiger partial charge in [-0.05, 0) is 32.6 Å². The van der Waals surface area contributed by atoms with Gasteiger partial charge in [-0.3, -0.25) is 9.59 Å². The van der Waals surface area contributed by atoms with Crippen LogP contribution in [0.2, 0.25) is 0 Å². The Kier molecular flexibility index (Phi) is 11.2. The topological polar surface area (TPSA) is 206 Å². The molecule has 0 aliphatic heterocycles. The molecule has 0 fully saturated rings. The molecule has 0 unspecified atom stereocenters. The molecule has 2 aromatic heterocycles. The predicted octanol–water partition coefficient (Wildman–Crippen LogP) is 2.65. The number of amides is 3. The second-order valence-corrected chi connectivity index (χ2v) is 10.5. The monoisotopic (exact) mass is 565 g/mol. The van der Waals surface area contributed by atoms with Crippen molar-refractivity contribution in [2.75, 3.05) is 6.61 Å². The fraction of sp³-hybridized carbons (Fsp3) is 0.615. The molecule has 5 atom stereocenters. The number of hydrogen-bond acceptors (Lipinski definition) is 10. The van der Waals surface area contributed by atoms with E-state index in [1.165, 1.54) is 0 Å². The van der Waals surface area contributed by atoms with E-state index in [1.807, 2.05) is 13.8 Å². The van der Waals surface area contributed by atoms with Crippen LogP contribution in [0.5, 0.6) is 0 Å². The van der Waals surface area contributed by atoms with Crippen molar-refractivity contribution in [3.63, 3.8) is 0 Å². The van der Waals surface area contributed by atoms with E-state index in [4.69, 9.17) is 18.7 Å². The van der Waals surface area contributed by atoms with Crippen molar-refractivity contribution in [1.29, 1.82) is 0 Å². The highest BCUT2D eigenvalue weighted by molar-refractivity contribution is 5.91. The Bertz CT molecular complexity index is 1170. The molecule has 2 rings (SSSR count). The molecule has 0 bridgehead atoms. The standard InChI is InChI=1S/C26H39N5O9/c1-8-13(3)18(30-21(34)19(14(4)9-2)31-25(37)40-26(5,6)7)20(33)27-15(10-32)22-28-16(11-38-22)23-29-17(12-39-23)24(35)36/h11-15,18-19,32H,8-10H2,1-7H3,(H,27,33)(H,30,34)(H,31,37)(H,35,36)/t13-,14-,15-,18-,19-/m0/s1. The highest BCUT2D eigenvalue weighted by Crippen LogP contribution is 2.22. The van der Waals surface area contributed by atoms with Gasteiger partial charge in [-0.2, -0.15) is 0 Å². The number of nitrogens with one attached hydrogen (secondary N) is 3. The minimum atomic E-state index is -1.28. The number of aromatic carboxylic acids is 1. The number of rotatable bonds is 13. The van der Waals surface area contributed by atoms with E-state index in [-0.39, 0.29) is 35.0 Å². The molecule has 40 heavy (non-hydrogen) atoms. The lowest BCUT2D eigenvalue weighted by atomic mass is 9.95. The molecule has 0 aliphatic rings. The summed E-state index contributed by atoms with van der Waals surface area (Å²) in [6, 6.07) is -3.07. The van der Waals surface area contributed by atoms with E-state index >= 15 is 0 Å². The first kappa shape index (κ1) is 32.3. The lowest BCUT2D eigenvalue weighted by Crippen LogP contribution is -2.58. The van der Waals surface area contributed by atoms with E-state index in [0.29, 0.717) is 12.8 Å². The highest BCUT2D eigenvalue weighted by atomic mass is 16.6. The Morgan fingerprint density at radius 1 is 0.925 bits per heavy atom. The van der Waals surface area contributed by atoms with Crippen LogP contribution in [-0.2, 0) is 14.3 Å². The summed E-state index contributed by atoms with van der Waals surface area (Å²) in [6.45, 7) is 11.8. The smallest absolute Gasteiger partial charge is 0.408 e. The Morgan fingerprint density at radius 2 is 1.50 bits per heavy atom. The minimum absolute atomic E-state index is 0.0617. The van der Waals surface area contributed by atoms with Crippen LogP contribution < -0.4 is 16.0 Å². The Hall–Kier alpha value is -3.94. The third-order valence-corrected chi connectivity index (χ3v) is 6.22. The number of nitrogens with zero attached hydrogens (tertiary/aromatic N) is 2. The van der Waals surface area contributed by atoms with Crippen LogP contribution in [-0.4, -0.2) is 68.3 Å². The number of aromatic nitrogens is 2. The van der Waals surface area contributed by atoms with Crippen molar-refractivity contribution in [1.82, 2.24) is 25.9 Å². The molecule has 2 heterocycles. The van der Waals surface area contributed by atoms with Gasteiger partial charge < -0.3 is 39.7 Å². The first-order valence-corrected chi connectivity index (χ1v) is 13.1. The summed E-state index contributed by atoms with van der Waals surface area (Å²) in [5.74, 6) is -3.23. The van der Waals surface area contributed by atoms with Crippen LogP contribution in [0.1, 0.15) is 83.7 Å². The average molecular weight is 566 g/mol. The summed E-state index contributed by atoms with van der Waals surface area (Å²) >= 11 is 0. The lowest BCUT2D eigenvalue weighted by Gasteiger charge is -2.30. The van der Waals surface area contributed by atoms with Crippen LogP contribution in [0.15, 0.2) is 21.4 Å². The Morgan fingerprint density at radius 3 is 2.00 bits per heavy atom. The number of hydrogen-bond donors (Lipinski definition) is 5. The molecular formula is C26H39N5O9. The van der Waals surface area contributed by atoms with Crippen molar-refractivity contribution >= 4 is 23.9 Å². The number of carboxylic acid groups (broad SMARTS) is 1. The lowest BCUT2D eigenvalue weighted by molar-refractivity contribution is -0.132. The third-order valence-electron chi connectivity index (χ3n) is 6.22. The largest absolute Gasteiger partial charge is 0.476 e. The highest BCUT2D eigenvalue weighted by Gasteiger charge is 2.34. The van der Waals surface area contributed by atoms with Crippen LogP contribution in [0.3, 0.4) is 0 Å². The number of aliphatic hydroxyl groups excluding tert-OH is 1. The van der Waals surface area contributed by atoms with E-state index in [0.717, 1.165) is 12.5 Å². The number of alkyl carbamates (subject to hydrolysis) is 1. The molecule has 0 saturated carbocycles. The molecule has 0 radical (unpaired) electrons.